The van der Waals surface area contributed by atoms with Crippen molar-refractivity contribution in [3.05, 3.63) is 11.6 Å². The van der Waals surface area contributed by atoms with E-state index in [0.29, 0.717) is 0 Å². The minimum absolute atomic E-state index is 0.0108. The van der Waals surface area contributed by atoms with Gasteiger partial charge in [0.25, 0.3) is 0 Å². The Kier molecular flexibility index (Phi) is 7.34. The molecule has 4 atom stereocenters. The SMILES string of the molecule is CC(C)=CCP(O)C(=O)C(O)C(O)C(O)C=O. The number of hydrogen-bond acceptors (Lipinski definition) is 6. The molecule has 98 valence electrons. The van der Waals surface area contributed by atoms with Gasteiger partial charge in [0, 0.05) is 6.16 Å². The summed E-state index contributed by atoms with van der Waals surface area (Å²) in [7, 11) is -2.13. The zero-order valence-corrected chi connectivity index (χ0v) is 10.5. The lowest BCUT2D eigenvalue weighted by molar-refractivity contribution is -0.135. The Morgan fingerprint density at radius 2 is 1.82 bits per heavy atom. The third-order valence-electron chi connectivity index (χ3n) is 1.99. The fourth-order valence-electron chi connectivity index (χ4n) is 0.925. The first-order chi connectivity index (χ1) is 7.81. The Hall–Kier alpha value is -0.650. The summed E-state index contributed by atoms with van der Waals surface area (Å²) in [6.45, 7) is 3.57. The maximum Gasteiger partial charge on any atom is 0.212 e. The molecule has 0 aliphatic rings. The second-order valence-electron chi connectivity index (χ2n) is 3.76. The third kappa shape index (κ3) is 5.48. The van der Waals surface area contributed by atoms with Crippen LogP contribution in [-0.4, -0.2) is 56.5 Å². The summed E-state index contributed by atoms with van der Waals surface area (Å²) in [5.74, 6) is 0. The molecule has 0 saturated heterocycles. The minimum atomic E-state index is -2.13. The molecule has 0 aliphatic heterocycles. The van der Waals surface area contributed by atoms with Gasteiger partial charge < -0.3 is 25.0 Å². The molecule has 17 heavy (non-hydrogen) atoms. The third-order valence-corrected chi connectivity index (χ3v) is 3.29. The summed E-state index contributed by atoms with van der Waals surface area (Å²) in [5, 5.41) is 27.5. The summed E-state index contributed by atoms with van der Waals surface area (Å²) < 4.78 is 0. The number of carbonyl (C=O) groups is 2. The van der Waals surface area contributed by atoms with Crippen molar-refractivity contribution in [3.63, 3.8) is 0 Å². The molecule has 6 nitrogen and oxygen atoms in total. The molecule has 0 saturated carbocycles. The number of carbonyl (C=O) groups excluding carboxylic acids is 2. The van der Waals surface area contributed by atoms with Crippen molar-refractivity contribution in [3.8, 4) is 0 Å². The van der Waals surface area contributed by atoms with Gasteiger partial charge >= 0.3 is 0 Å². The van der Waals surface area contributed by atoms with Crippen LogP contribution in [-0.2, 0) is 9.59 Å². The summed E-state index contributed by atoms with van der Waals surface area (Å²) in [4.78, 5) is 31.1. The smallest absolute Gasteiger partial charge is 0.212 e. The Balaban J connectivity index is 4.48. The molecule has 7 heteroatoms. The second kappa shape index (κ2) is 7.63. The molecule has 0 amide bonds. The number of allylic oxidation sites excluding steroid dienone is 2. The molecule has 4 N–H and O–H groups in total. The van der Waals surface area contributed by atoms with Crippen LogP contribution in [0.15, 0.2) is 11.6 Å². The predicted octanol–water partition coefficient (Wildman–Crippen LogP) is -0.850. The van der Waals surface area contributed by atoms with Gasteiger partial charge in [-0.05, 0) is 13.8 Å². The second-order valence-corrected chi connectivity index (χ2v) is 5.37. The first kappa shape index (κ1) is 16.4. The fourth-order valence-corrected chi connectivity index (χ4v) is 2.10. The highest BCUT2D eigenvalue weighted by molar-refractivity contribution is 7.70. The predicted molar refractivity (Wildman–Crippen MR) is 62.5 cm³/mol. The van der Waals surface area contributed by atoms with Crippen molar-refractivity contribution in [2.45, 2.75) is 32.2 Å². The number of aliphatic hydroxyl groups is 3. The number of hydrogen-bond donors (Lipinski definition) is 4. The van der Waals surface area contributed by atoms with Crippen LogP contribution in [0.25, 0.3) is 0 Å². The van der Waals surface area contributed by atoms with E-state index in [9.17, 15) is 24.7 Å². The molecule has 0 spiro atoms. The van der Waals surface area contributed by atoms with Gasteiger partial charge in [-0.1, -0.05) is 11.6 Å². The van der Waals surface area contributed by atoms with E-state index in [2.05, 4.69) is 0 Å². The van der Waals surface area contributed by atoms with E-state index in [-0.39, 0.29) is 12.4 Å². The van der Waals surface area contributed by atoms with Gasteiger partial charge in [0.2, 0.25) is 5.52 Å². The maximum absolute atomic E-state index is 11.4. The lowest BCUT2D eigenvalue weighted by atomic mass is 10.1. The molecule has 0 aliphatic carbocycles. The highest BCUT2D eigenvalue weighted by Crippen LogP contribution is 2.33. The Labute approximate surface area is 100 Å². The minimum Gasteiger partial charge on any atom is -0.387 e. The fraction of sp³-hybridized carbons (Fsp3) is 0.600. The van der Waals surface area contributed by atoms with Crippen LogP contribution in [0.4, 0.5) is 0 Å². The van der Waals surface area contributed by atoms with Crippen molar-refractivity contribution in [1.29, 1.82) is 0 Å². The Morgan fingerprint density at radius 3 is 2.24 bits per heavy atom. The largest absolute Gasteiger partial charge is 0.387 e. The molecule has 0 aromatic carbocycles. The first-order valence-electron chi connectivity index (χ1n) is 4.94. The Morgan fingerprint density at radius 1 is 1.29 bits per heavy atom. The monoisotopic (exact) mass is 264 g/mol. The average Bonchev–Trinajstić information content (AvgIpc) is 2.31. The van der Waals surface area contributed by atoms with E-state index in [1.54, 1.807) is 19.9 Å². The van der Waals surface area contributed by atoms with Gasteiger partial charge in [0.05, 0.1) is 0 Å². The summed E-state index contributed by atoms with van der Waals surface area (Å²) in [6, 6.07) is 0. The highest BCUT2D eigenvalue weighted by atomic mass is 31.1. The molecule has 0 fully saturated rings. The molecule has 0 aromatic heterocycles. The van der Waals surface area contributed by atoms with E-state index >= 15 is 0 Å². The average molecular weight is 264 g/mol. The van der Waals surface area contributed by atoms with Gasteiger partial charge in [0.15, 0.2) is 6.29 Å². The zero-order valence-electron chi connectivity index (χ0n) is 9.65. The summed E-state index contributed by atoms with van der Waals surface area (Å²) >= 11 is 0. The molecule has 4 unspecified atom stereocenters. The number of aliphatic hydroxyl groups excluding tert-OH is 3. The quantitative estimate of drug-likeness (QED) is 0.270. The van der Waals surface area contributed by atoms with Crippen molar-refractivity contribution >= 4 is 20.0 Å². The van der Waals surface area contributed by atoms with Gasteiger partial charge in [-0.25, -0.2) is 0 Å². The van der Waals surface area contributed by atoms with Gasteiger partial charge in [-0.15, -0.1) is 0 Å². The Bertz CT molecular complexity index is 299. The van der Waals surface area contributed by atoms with E-state index in [4.69, 9.17) is 5.11 Å². The lowest BCUT2D eigenvalue weighted by Crippen LogP contribution is -2.42. The van der Waals surface area contributed by atoms with Crippen molar-refractivity contribution < 1.29 is 29.8 Å². The van der Waals surface area contributed by atoms with Gasteiger partial charge in [-0.3, -0.25) is 4.79 Å². The number of aldehydes is 1. The molecule has 0 aromatic rings. The molecule has 0 radical (unpaired) electrons. The molecule has 0 heterocycles. The van der Waals surface area contributed by atoms with E-state index in [1.807, 2.05) is 0 Å². The lowest BCUT2D eigenvalue weighted by Gasteiger charge is -2.20. The van der Waals surface area contributed by atoms with Crippen LogP contribution < -0.4 is 0 Å². The van der Waals surface area contributed by atoms with Gasteiger partial charge in [0.1, 0.15) is 26.5 Å². The van der Waals surface area contributed by atoms with Crippen LogP contribution in [0, 0.1) is 0 Å². The molecule has 0 rings (SSSR count). The van der Waals surface area contributed by atoms with Gasteiger partial charge in [-0.2, -0.15) is 0 Å². The van der Waals surface area contributed by atoms with Crippen molar-refractivity contribution in [1.82, 2.24) is 0 Å². The van der Waals surface area contributed by atoms with Crippen LogP contribution in [0.5, 0.6) is 0 Å². The van der Waals surface area contributed by atoms with E-state index in [1.165, 1.54) is 0 Å². The summed E-state index contributed by atoms with van der Waals surface area (Å²) in [5.41, 5.74) is -0.0618. The molecular weight excluding hydrogens is 247 g/mol. The topological polar surface area (TPSA) is 115 Å². The van der Waals surface area contributed by atoms with E-state index in [0.717, 1.165) is 5.57 Å². The molecule has 0 bridgehead atoms. The van der Waals surface area contributed by atoms with Crippen LogP contribution in [0.3, 0.4) is 0 Å². The zero-order chi connectivity index (χ0) is 13.6. The maximum atomic E-state index is 11.4. The molecular formula is C10H17O6P. The van der Waals surface area contributed by atoms with Crippen LogP contribution in [0.2, 0.25) is 0 Å². The normalized spacial score (nSPS) is 17.8. The van der Waals surface area contributed by atoms with Crippen LogP contribution >= 0.6 is 8.15 Å². The van der Waals surface area contributed by atoms with Crippen LogP contribution in [0.1, 0.15) is 13.8 Å². The first-order valence-corrected chi connectivity index (χ1v) is 6.42. The van der Waals surface area contributed by atoms with Crippen molar-refractivity contribution in [2.24, 2.45) is 0 Å². The van der Waals surface area contributed by atoms with Crippen molar-refractivity contribution in [2.75, 3.05) is 6.16 Å². The highest BCUT2D eigenvalue weighted by Gasteiger charge is 2.33. The number of rotatable bonds is 7. The summed E-state index contributed by atoms with van der Waals surface area (Å²) in [6.07, 6.45) is -4.02. The standard InChI is InChI=1S/C10H17O6P/c1-6(2)3-4-17(16)10(15)9(14)8(13)7(12)5-11/h3,5,7-9,12-14,16H,4H2,1-2H3. The van der Waals surface area contributed by atoms with E-state index < -0.39 is 32.0 Å².